The van der Waals surface area contributed by atoms with Crippen molar-refractivity contribution < 1.29 is 13.2 Å². The van der Waals surface area contributed by atoms with Crippen LogP contribution in [0.15, 0.2) is 29.8 Å². The summed E-state index contributed by atoms with van der Waals surface area (Å²) in [5.41, 5.74) is 2.49. The summed E-state index contributed by atoms with van der Waals surface area (Å²) in [6.07, 6.45) is -3.52. The maximum atomic E-state index is 12.8. The Kier molecular flexibility index (Phi) is 4.77. The highest BCUT2D eigenvalue weighted by molar-refractivity contribution is 7.09. The number of benzene rings is 1. The first kappa shape index (κ1) is 15.0. The Morgan fingerprint density at radius 3 is 2.65 bits per heavy atom. The second kappa shape index (κ2) is 6.37. The van der Waals surface area contributed by atoms with Crippen LogP contribution < -0.4 is 5.32 Å². The summed E-state index contributed by atoms with van der Waals surface area (Å²) < 4.78 is 38.4. The van der Waals surface area contributed by atoms with E-state index >= 15 is 0 Å². The number of rotatable bonds is 5. The Bertz CT molecular complexity index is 564. The minimum absolute atomic E-state index is 0.216. The fraction of sp³-hybridized carbons (Fsp3) is 0.357. The maximum Gasteiger partial charge on any atom is 0.416 e. The van der Waals surface area contributed by atoms with Gasteiger partial charge in [0.2, 0.25) is 0 Å². The number of hydrogen-bond donors (Lipinski definition) is 1. The molecule has 1 aromatic heterocycles. The highest BCUT2D eigenvalue weighted by Gasteiger charge is 2.32. The van der Waals surface area contributed by atoms with Crippen LogP contribution in [0.2, 0.25) is 0 Å². The Hall–Kier alpha value is -1.40. The molecule has 6 heteroatoms. The summed E-state index contributed by atoms with van der Waals surface area (Å²) in [5, 5.41) is 3.06. The van der Waals surface area contributed by atoms with Crippen molar-refractivity contribution in [1.82, 2.24) is 10.3 Å². The molecule has 0 unspecified atom stereocenters. The van der Waals surface area contributed by atoms with Gasteiger partial charge in [-0.25, -0.2) is 4.98 Å². The summed E-state index contributed by atoms with van der Waals surface area (Å²) in [6.45, 7) is 2.79. The number of nitrogens with zero attached hydrogens (tertiary/aromatic N) is 1. The summed E-state index contributed by atoms with van der Waals surface area (Å²) in [4.78, 5) is 5.31. The van der Waals surface area contributed by atoms with E-state index in [0.717, 1.165) is 18.2 Å². The normalized spacial score (nSPS) is 11.8. The zero-order valence-electron chi connectivity index (χ0n) is 11.0. The number of aryl methyl sites for hydroxylation is 1. The standard InChI is InChI=1S/C14H15F3N2S/c1-10-13(20-9-19-10)6-7-18-8-11-4-2-3-5-12(11)14(15,16)17/h2-5,9,18H,6-8H2,1H3. The predicted octanol–water partition coefficient (Wildman–Crippen LogP) is 3.80. The van der Waals surface area contributed by atoms with Crippen LogP contribution in [0.25, 0.3) is 0 Å². The van der Waals surface area contributed by atoms with E-state index in [2.05, 4.69) is 10.3 Å². The van der Waals surface area contributed by atoms with Crippen LogP contribution in [-0.4, -0.2) is 11.5 Å². The first-order chi connectivity index (χ1) is 9.48. The summed E-state index contributed by atoms with van der Waals surface area (Å²) in [5.74, 6) is 0. The third kappa shape index (κ3) is 3.80. The molecule has 2 rings (SSSR count). The minimum Gasteiger partial charge on any atom is -0.312 e. The fourth-order valence-electron chi connectivity index (χ4n) is 1.94. The van der Waals surface area contributed by atoms with Gasteiger partial charge < -0.3 is 5.32 Å². The predicted molar refractivity (Wildman–Crippen MR) is 73.7 cm³/mol. The maximum absolute atomic E-state index is 12.8. The molecule has 0 atom stereocenters. The lowest BCUT2D eigenvalue weighted by molar-refractivity contribution is -0.138. The van der Waals surface area contributed by atoms with Crippen molar-refractivity contribution in [2.75, 3.05) is 6.54 Å². The van der Waals surface area contributed by atoms with Crippen molar-refractivity contribution in [2.45, 2.75) is 26.1 Å². The largest absolute Gasteiger partial charge is 0.416 e. The molecule has 1 N–H and O–H groups in total. The van der Waals surface area contributed by atoms with E-state index in [-0.39, 0.29) is 12.1 Å². The Morgan fingerprint density at radius 2 is 2.00 bits per heavy atom. The zero-order valence-corrected chi connectivity index (χ0v) is 11.8. The van der Waals surface area contributed by atoms with E-state index in [0.29, 0.717) is 6.54 Å². The van der Waals surface area contributed by atoms with Gasteiger partial charge in [-0.15, -0.1) is 11.3 Å². The second-order valence-electron chi connectivity index (χ2n) is 4.44. The number of thiazole rings is 1. The first-order valence-corrected chi connectivity index (χ1v) is 7.11. The Morgan fingerprint density at radius 1 is 1.25 bits per heavy atom. The van der Waals surface area contributed by atoms with Crippen LogP contribution in [-0.2, 0) is 19.1 Å². The van der Waals surface area contributed by atoms with Crippen LogP contribution in [0.5, 0.6) is 0 Å². The quantitative estimate of drug-likeness (QED) is 0.850. The van der Waals surface area contributed by atoms with Gasteiger partial charge in [-0.05, 0) is 25.0 Å². The van der Waals surface area contributed by atoms with Crippen molar-refractivity contribution in [3.63, 3.8) is 0 Å². The van der Waals surface area contributed by atoms with Crippen molar-refractivity contribution in [3.8, 4) is 0 Å². The SMILES string of the molecule is Cc1ncsc1CCNCc1ccccc1C(F)(F)F. The van der Waals surface area contributed by atoms with E-state index in [1.54, 1.807) is 22.9 Å². The molecule has 0 saturated heterocycles. The Balaban J connectivity index is 1.90. The summed E-state index contributed by atoms with van der Waals surface area (Å²) >= 11 is 1.57. The summed E-state index contributed by atoms with van der Waals surface area (Å²) in [7, 11) is 0. The highest BCUT2D eigenvalue weighted by atomic mass is 32.1. The van der Waals surface area contributed by atoms with Crippen LogP contribution in [0.3, 0.4) is 0 Å². The van der Waals surface area contributed by atoms with Crippen LogP contribution in [0, 0.1) is 6.92 Å². The molecular weight excluding hydrogens is 285 g/mol. The first-order valence-electron chi connectivity index (χ1n) is 6.23. The zero-order chi connectivity index (χ0) is 14.6. The molecule has 20 heavy (non-hydrogen) atoms. The molecule has 108 valence electrons. The summed E-state index contributed by atoms with van der Waals surface area (Å²) in [6, 6.07) is 5.66. The van der Waals surface area contributed by atoms with Crippen LogP contribution in [0.4, 0.5) is 13.2 Å². The van der Waals surface area contributed by atoms with Crippen molar-refractivity contribution in [1.29, 1.82) is 0 Å². The van der Waals surface area contributed by atoms with Gasteiger partial charge in [0, 0.05) is 18.0 Å². The van der Waals surface area contributed by atoms with Gasteiger partial charge in [0.25, 0.3) is 0 Å². The van der Waals surface area contributed by atoms with Crippen LogP contribution in [0.1, 0.15) is 21.7 Å². The van der Waals surface area contributed by atoms with Gasteiger partial charge >= 0.3 is 6.18 Å². The minimum atomic E-state index is -4.30. The smallest absolute Gasteiger partial charge is 0.312 e. The molecule has 0 radical (unpaired) electrons. The molecule has 2 nitrogen and oxygen atoms in total. The molecule has 2 aromatic rings. The second-order valence-corrected chi connectivity index (χ2v) is 5.38. The molecule has 0 bridgehead atoms. The lowest BCUT2D eigenvalue weighted by Gasteiger charge is -2.13. The van der Waals surface area contributed by atoms with E-state index in [9.17, 15) is 13.2 Å². The van der Waals surface area contributed by atoms with Crippen molar-refractivity contribution in [2.24, 2.45) is 0 Å². The highest BCUT2D eigenvalue weighted by Crippen LogP contribution is 2.31. The topological polar surface area (TPSA) is 24.9 Å². The van der Waals surface area contributed by atoms with Gasteiger partial charge in [-0.2, -0.15) is 13.2 Å². The molecule has 0 amide bonds. The molecule has 1 heterocycles. The van der Waals surface area contributed by atoms with E-state index in [1.807, 2.05) is 6.92 Å². The molecule has 0 aliphatic heterocycles. The lowest BCUT2D eigenvalue weighted by atomic mass is 10.1. The van der Waals surface area contributed by atoms with E-state index in [4.69, 9.17) is 0 Å². The average molecular weight is 300 g/mol. The van der Waals surface area contributed by atoms with Gasteiger partial charge in [0.05, 0.1) is 16.8 Å². The third-order valence-electron chi connectivity index (χ3n) is 3.01. The fourth-order valence-corrected chi connectivity index (χ4v) is 2.72. The molecule has 0 fully saturated rings. The molecule has 0 spiro atoms. The average Bonchev–Trinajstić information content (AvgIpc) is 2.80. The Labute approximate surface area is 119 Å². The molecule has 0 aliphatic rings. The van der Waals surface area contributed by atoms with Crippen LogP contribution >= 0.6 is 11.3 Å². The third-order valence-corrected chi connectivity index (χ3v) is 4.01. The number of hydrogen-bond acceptors (Lipinski definition) is 3. The van der Waals surface area contributed by atoms with Gasteiger partial charge in [0.15, 0.2) is 0 Å². The van der Waals surface area contributed by atoms with E-state index < -0.39 is 11.7 Å². The number of halogens is 3. The van der Waals surface area contributed by atoms with Gasteiger partial charge in [-0.3, -0.25) is 0 Å². The van der Waals surface area contributed by atoms with Gasteiger partial charge in [-0.1, -0.05) is 18.2 Å². The lowest BCUT2D eigenvalue weighted by Crippen LogP contribution is -2.19. The van der Waals surface area contributed by atoms with Crippen molar-refractivity contribution in [3.05, 3.63) is 51.5 Å². The number of aromatic nitrogens is 1. The number of nitrogens with one attached hydrogen (secondary N) is 1. The molecule has 0 aliphatic carbocycles. The van der Waals surface area contributed by atoms with E-state index in [1.165, 1.54) is 17.0 Å². The molecular formula is C14H15F3N2S. The monoisotopic (exact) mass is 300 g/mol. The molecule has 1 aromatic carbocycles. The molecule has 0 saturated carbocycles. The number of alkyl halides is 3. The van der Waals surface area contributed by atoms with Gasteiger partial charge in [0.1, 0.15) is 0 Å². The van der Waals surface area contributed by atoms with Crippen molar-refractivity contribution >= 4 is 11.3 Å².